The smallest absolute Gasteiger partial charge is 0.338 e. The van der Waals surface area contributed by atoms with Gasteiger partial charge in [-0.1, -0.05) is 13.3 Å². The lowest BCUT2D eigenvalue weighted by molar-refractivity contribution is -0.384. The molecule has 0 aliphatic heterocycles. The Labute approximate surface area is 122 Å². The Morgan fingerprint density at radius 2 is 1.90 bits per heavy atom. The number of carbonyl (C=O) groups excluding carboxylic acids is 2. The Bertz CT molecular complexity index is 542. The number of carbonyl (C=O) groups is 2. The molecular weight excluding hydrogens is 276 g/mol. The summed E-state index contributed by atoms with van der Waals surface area (Å²) in [6.07, 6.45) is 1.73. The van der Waals surface area contributed by atoms with E-state index in [1.54, 1.807) is 6.92 Å². The maximum Gasteiger partial charge on any atom is 0.338 e. The van der Waals surface area contributed by atoms with Crippen molar-refractivity contribution in [2.45, 2.75) is 26.7 Å². The third-order valence-corrected chi connectivity index (χ3v) is 2.72. The van der Waals surface area contributed by atoms with Crippen molar-refractivity contribution < 1.29 is 19.2 Å². The van der Waals surface area contributed by atoms with E-state index >= 15 is 0 Å². The molecule has 0 radical (unpaired) electrons. The minimum Gasteiger partial charge on any atom is -0.462 e. The third kappa shape index (κ3) is 4.87. The molecule has 0 unspecified atom stereocenters. The molecule has 0 atom stereocenters. The molecule has 0 saturated carbocycles. The third-order valence-electron chi connectivity index (χ3n) is 2.72. The Balaban J connectivity index is 3.04. The van der Waals surface area contributed by atoms with Crippen LogP contribution in [0.5, 0.6) is 0 Å². The summed E-state index contributed by atoms with van der Waals surface area (Å²) < 4.78 is 4.80. The van der Waals surface area contributed by atoms with Gasteiger partial charge in [0.15, 0.2) is 0 Å². The van der Waals surface area contributed by atoms with E-state index < -0.39 is 16.8 Å². The van der Waals surface area contributed by atoms with Crippen LogP contribution in [0.15, 0.2) is 18.2 Å². The van der Waals surface area contributed by atoms with Gasteiger partial charge in [0.1, 0.15) is 0 Å². The molecular formula is C14H18N2O5. The lowest BCUT2D eigenvalue weighted by Gasteiger charge is -2.07. The van der Waals surface area contributed by atoms with Crippen molar-refractivity contribution in [2.75, 3.05) is 13.2 Å². The van der Waals surface area contributed by atoms with E-state index in [9.17, 15) is 19.7 Å². The molecule has 0 aliphatic rings. The largest absolute Gasteiger partial charge is 0.462 e. The molecule has 0 fully saturated rings. The van der Waals surface area contributed by atoms with Gasteiger partial charge in [-0.3, -0.25) is 14.9 Å². The average Bonchev–Trinajstić information content (AvgIpc) is 2.47. The summed E-state index contributed by atoms with van der Waals surface area (Å²) in [4.78, 5) is 33.9. The molecule has 0 bridgehead atoms. The first-order valence-electron chi connectivity index (χ1n) is 6.74. The van der Waals surface area contributed by atoms with Crippen LogP contribution in [-0.4, -0.2) is 30.0 Å². The maximum atomic E-state index is 11.9. The minimum absolute atomic E-state index is 0.00769. The topological polar surface area (TPSA) is 98.5 Å². The van der Waals surface area contributed by atoms with Crippen molar-refractivity contribution in [3.63, 3.8) is 0 Å². The quantitative estimate of drug-likeness (QED) is 0.360. The fourth-order valence-electron chi connectivity index (χ4n) is 1.66. The number of amides is 1. The second kappa shape index (κ2) is 7.98. The van der Waals surface area contributed by atoms with Crippen molar-refractivity contribution in [3.05, 3.63) is 39.4 Å². The molecule has 7 nitrogen and oxygen atoms in total. The predicted molar refractivity (Wildman–Crippen MR) is 76.3 cm³/mol. The highest BCUT2D eigenvalue weighted by atomic mass is 16.6. The highest BCUT2D eigenvalue weighted by Gasteiger charge is 2.18. The lowest BCUT2D eigenvalue weighted by atomic mass is 10.1. The monoisotopic (exact) mass is 294 g/mol. The Kier molecular flexibility index (Phi) is 6.32. The summed E-state index contributed by atoms with van der Waals surface area (Å²) in [5, 5.41) is 13.5. The molecule has 1 N–H and O–H groups in total. The number of ether oxygens (including phenoxy) is 1. The van der Waals surface area contributed by atoms with Crippen LogP contribution in [0.4, 0.5) is 5.69 Å². The van der Waals surface area contributed by atoms with Crippen LogP contribution < -0.4 is 5.32 Å². The Morgan fingerprint density at radius 3 is 2.48 bits per heavy atom. The summed E-state index contributed by atoms with van der Waals surface area (Å²) in [6.45, 7) is 4.25. The molecule has 7 heteroatoms. The van der Waals surface area contributed by atoms with Gasteiger partial charge in [-0.05, 0) is 19.4 Å². The summed E-state index contributed by atoms with van der Waals surface area (Å²) in [6, 6.07) is 3.54. The molecule has 0 aliphatic carbocycles. The van der Waals surface area contributed by atoms with Crippen molar-refractivity contribution >= 4 is 17.6 Å². The van der Waals surface area contributed by atoms with Gasteiger partial charge in [-0.25, -0.2) is 4.79 Å². The van der Waals surface area contributed by atoms with Crippen molar-refractivity contribution in [1.82, 2.24) is 5.32 Å². The molecule has 21 heavy (non-hydrogen) atoms. The van der Waals surface area contributed by atoms with Crippen LogP contribution in [0, 0.1) is 10.1 Å². The van der Waals surface area contributed by atoms with Crippen LogP contribution in [0.25, 0.3) is 0 Å². The number of nitrogens with zero attached hydrogens (tertiary/aromatic N) is 1. The number of hydrogen-bond donors (Lipinski definition) is 1. The number of benzene rings is 1. The molecule has 1 aromatic rings. The van der Waals surface area contributed by atoms with E-state index in [1.165, 1.54) is 6.07 Å². The number of non-ortho nitro benzene ring substituents is 1. The van der Waals surface area contributed by atoms with Crippen molar-refractivity contribution in [3.8, 4) is 0 Å². The minimum atomic E-state index is -0.691. The van der Waals surface area contributed by atoms with Crippen LogP contribution in [0.1, 0.15) is 47.4 Å². The van der Waals surface area contributed by atoms with Gasteiger partial charge >= 0.3 is 5.97 Å². The molecule has 1 aromatic carbocycles. The first-order chi connectivity index (χ1) is 9.99. The van der Waals surface area contributed by atoms with Gasteiger partial charge in [0, 0.05) is 24.2 Å². The molecule has 0 heterocycles. The van der Waals surface area contributed by atoms with E-state index in [4.69, 9.17) is 4.74 Å². The highest BCUT2D eigenvalue weighted by Crippen LogP contribution is 2.18. The van der Waals surface area contributed by atoms with Gasteiger partial charge in [-0.2, -0.15) is 0 Å². The summed E-state index contributed by atoms with van der Waals surface area (Å²) >= 11 is 0. The zero-order chi connectivity index (χ0) is 15.8. The van der Waals surface area contributed by atoms with Gasteiger partial charge < -0.3 is 10.1 Å². The number of nitro groups is 1. The SMILES string of the molecule is CCCCNC(=O)c1cc(C(=O)OCC)cc([N+](=O)[O-])c1. The van der Waals surface area contributed by atoms with E-state index in [2.05, 4.69) is 5.32 Å². The van der Waals surface area contributed by atoms with E-state index in [-0.39, 0.29) is 23.4 Å². The zero-order valence-electron chi connectivity index (χ0n) is 12.0. The number of hydrogen-bond acceptors (Lipinski definition) is 5. The van der Waals surface area contributed by atoms with Crippen molar-refractivity contribution in [2.24, 2.45) is 0 Å². The number of unbranched alkanes of at least 4 members (excludes halogenated alkanes) is 1. The molecule has 1 rings (SSSR count). The fourth-order valence-corrected chi connectivity index (χ4v) is 1.66. The average molecular weight is 294 g/mol. The van der Waals surface area contributed by atoms with Crippen molar-refractivity contribution in [1.29, 1.82) is 0 Å². The second-order valence-electron chi connectivity index (χ2n) is 4.36. The molecule has 114 valence electrons. The maximum absolute atomic E-state index is 11.9. The van der Waals surface area contributed by atoms with Crippen LogP contribution in [-0.2, 0) is 4.74 Å². The van der Waals surface area contributed by atoms with Gasteiger partial charge in [0.25, 0.3) is 11.6 Å². The van der Waals surface area contributed by atoms with Crippen LogP contribution in [0.2, 0.25) is 0 Å². The number of rotatable bonds is 7. The summed E-state index contributed by atoms with van der Waals surface area (Å²) in [7, 11) is 0. The standard InChI is InChI=1S/C14H18N2O5/c1-3-5-6-15-13(17)10-7-11(14(18)21-4-2)9-12(8-10)16(19)20/h7-9H,3-6H2,1-2H3,(H,15,17). The number of nitrogens with one attached hydrogen (secondary N) is 1. The predicted octanol–water partition coefficient (Wildman–Crippen LogP) is 2.30. The fraction of sp³-hybridized carbons (Fsp3) is 0.429. The molecule has 0 saturated heterocycles. The van der Waals surface area contributed by atoms with Gasteiger partial charge in [0.05, 0.1) is 17.1 Å². The molecule has 0 spiro atoms. The molecule has 1 amide bonds. The summed E-state index contributed by atoms with van der Waals surface area (Å²) in [5.41, 5.74) is -0.253. The Hall–Kier alpha value is -2.44. The number of nitro benzene ring substituents is 1. The number of esters is 1. The van der Waals surface area contributed by atoms with E-state index in [0.29, 0.717) is 6.54 Å². The Morgan fingerprint density at radius 1 is 1.24 bits per heavy atom. The van der Waals surface area contributed by atoms with E-state index in [1.807, 2.05) is 6.92 Å². The normalized spacial score (nSPS) is 10.0. The second-order valence-corrected chi connectivity index (χ2v) is 4.36. The summed E-state index contributed by atoms with van der Waals surface area (Å²) in [5.74, 6) is -1.14. The zero-order valence-corrected chi connectivity index (χ0v) is 12.0. The van der Waals surface area contributed by atoms with Gasteiger partial charge in [-0.15, -0.1) is 0 Å². The van der Waals surface area contributed by atoms with E-state index in [0.717, 1.165) is 25.0 Å². The first-order valence-corrected chi connectivity index (χ1v) is 6.74. The van der Waals surface area contributed by atoms with Crippen LogP contribution in [0.3, 0.4) is 0 Å². The first kappa shape index (κ1) is 16.6. The molecule has 0 aromatic heterocycles. The van der Waals surface area contributed by atoms with Crippen LogP contribution >= 0.6 is 0 Å². The lowest BCUT2D eigenvalue weighted by Crippen LogP contribution is -2.24. The van der Waals surface area contributed by atoms with Gasteiger partial charge in [0.2, 0.25) is 0 Å². The highest BCUT2D eigenvalue weighted by molar-refractivity contribution is 5.98.